The first-order chi connectivity index (χ1) is 11.9. The Kier molecular flexibility index (Phi) is 5.15. The van der Waals surface area contributed by atoms with Crippen LogP contribution in [0.1, 0.15) is 23.2 Å². The van der Waals surface area contributed by atoms with E-state index in [9.17, 15) is 8.42 Å². The van der Waals surface area contributed by atoms with E-state index in [1.54, 1.807) is 12.1 Å². The Balaban J connectivity index is 1.61. The topological polar surface area (TPSA) is 72.4 Å². The molecule has 1 aliphatic heterocycles. The lowest BCUT2D eigenvalue weighted by atomic mass is 10.2. The molecule has 0 bridgehead atoms. The summed E-state index contributed by atoms with van der Waals surface area (Å²) in [6.45, 7) is 4.59. The molecule has 0 amide bonds. The van der Waals surface area contributed by atoms with Crippen LogP contribution in [0.15, 0.2) is 41.8 Å². The second kappa shape index (κ2) is 7.33. The van der Waals surface area contributed by atoms with E-state index in [4.69, 9.17) is 4.74 Å². The van der Waals surface area contributed by atoms with Crippen molar-refractivity contribution >= 4 is 16.1 Å². The molecule has 1 aliphatic rings. The zero-order chi connectivity index (χ0) is 17.9. The van der Waals surface area contributed by atoms with Gasteiger partial charge in [0.2, 0.25) is 15.9 Å². The van der Waals surface area contributed by atoms with Gasteiger partial charge in [-0.15, -0.1) is 5.10 Å². The molecule has 132 valence electrons. The SMILES string of the molecule is Cc1ccc(/C=C/S(=O)(=O)N2CCC(Oc3ccc(C)nn3)C2)cc1. The standard InChI is InChI=1S/C18H21N3O3S/c1-14-3-6-16(7-4-14)10-12-25(22,23)21-11-9-17(13-21)24-18-8-5-15(2)19-20-18/h3-8,10,12,17H,9,11,13H2,1-2H3/b12-10+. The highest BCUT2D eigenvalue weighted by molar-refractivity contribution is 7.92. The Morgan fingerprint density at radius 3 is 2.56 bits per heavy atom. The van der Waals surface area contributed by atoms with Crippen LogP contribution in [0.4, 0.5) is 0 Å². The quantitative estimate of drug-likeness (QED) is 0.820. The number of nitrogens with zero attached hydrogens (tertiary/aromatic N) is 3. The summed E-state index contributed by atoms with van der Waals surface area (Å²) in [7, 11) is -3.46. The van der Waals surface area contributed by atoms with Gasteiger partial charge in [-0.25, -0.2) is 8.42 Å². The minimum Gasteiger partial charge on any atom is -0.472 e. The van der Waals surface area contributed by atoms with Gasteiger partial charge in [0.1, 0.15) is 6.10 Å². The van der Waals surface area contributed by atoms with Crippen molar-refractivity contribution in [1.29, 1.82) is 0 Å². The minimum atomic E-state index is -3.46. The number of sulfonamides is 1. The molecule has 1 aromatic heterocycles. The Morgan fingerprint density at radius 1 is 1.12 bits per heavy atom. The van der Waals surface area contributed by atoms with Crippen LogP contribution in [0.25, 0.3) is 6.08 Å². The van der Waals surface area contributed by atoms with E-state index < -0.39 is 10.0 Å². The lowest BCUT2D eigenvalue weighted by Crippen LogP contribution is -2.29. The highest BCUT2D eigenvalue weighted by Crippen LogP contribution is 2.20. The van der Waals surface area contributed by atoms with Gasteiger partial charge in [-0.3, -0.25) is 0 Å². The van der Waals surface area contributed by atoms with Crippen molar-refractivity contribution in [1.82, 2.24) is 14.5 Å². The lowest BCUT2D eigenvalue weighted by molar-refractivity contribution is 0.204. The summed E-state index contributed by atoms with van der Waals surface area (Å²) < 4.78 is 32.1. The van der Waals surface area contributed by atoms with E-state index in [1.165, 1.54) is 9.71 Å². The zero-order valence-corrected chi connectivity index (χ0v) is 15.1. The molecular formula is C18H21N3O3S. The number of benzene rings is 1. The van der Waals surface area contributed by atoms with Crippen LogP contribution in [0.2, 0.25) is 0 Å². The Morgan fingerprint density at radius 2 is 1.88 bits per heavy atom. The van der Waals surface area contributed by atoms with Gasteiger partial charge in [0, 0.05) is 18.0 Å². The second-order valence-corrected chi connectivity index (χ2v) is 7.98. The third-order valence-electron chi connectivity index (χ3n) is 4.04. The van der Waals surface area contributed by atoms with E-state index in [1.807, 2.05) is 44.2 Å². The third-order valence-corrected chi connectivity index (χ3v) is 5.57. The average Bonchev–Trinajstić information content (AvgIpc) is 3.06. The van der Waals surface area contributed by atoms with Crippen molar-refractivity contribution < 1.29 is 13.2 Å². The van der Waals surface area contributed by atoms with Gasteiger partial charge >= 0.3 is 0 Å². The maximum Gasteiger partial charge on any atom is 0.236 e. The summed E-state index contributed by atoms with van der Waals surface area (Å²) in [6.07, 6.45) is 2.04. The van der Waals surface area contributed by atoms with E-state index in [0.29, 0.717) is 25.4 Å². The summed E-state index contributed by atoms with van der Waals surface area (Å²) in [5.41, 5.74) is 2.80. The van der Waals surface area contributed by atoms with Crippen LogP contribution < -0.4 is 4.74 Å². The fourth-order valence-electron chi connectivity index (χ4n) is 2.57. The van der Waals surface area contributed by atoms with Crippen molar-refractivity contribution in [3.8, 4) is 5.88 Å². The first kappa shape index (κ1) is 17.6. The molecule has 2 aromatic rings. The molecule has 1 atom stereocenters. The Labute approximate surface area is 148 Å². The molecule has 3 rings (SSSR count). The molecule has 0 N–H and O–H groups in total. The van der Waals surface area contributed by atoms with Crippen LogP contribution >= 0.6 is 0 Å². The number of aromatic nitrogens is 2. The number of hydrogen-bond donors (Lipinski definition) is 0. The molecule has 6 nitrogen and oxygen atoms in total. The zero-order valence-electron chi connectivity index (χ0n) is 14.3. The van der Waals surface area contributed by atoms with Crippen molar-refractivity contribution in [3.63, 3.8) is 0 Å². The van der Waals surface area contributed by atoms with Gasteiger partial charge in [0.25, 0.3) is 0 Å². The lowest BCUT2D eigenvalue weighted by Gasteiger charge is -2.14. The number of rotatable bonds is 5. The summed E-state index contributed by atoms with van der Waals surface area (Å²) in [4.78, 5) is 0. The van der Waals surface area contributed by atoms with E-state index in [-0.39, 0.29) is 6.10 Å². The Hall–Kier alpha value is -2.25. The molecule has 1 aromatic carbocycles. The molecule has 1 fully saturated rings. The Bertz CT molecular complexity index is 846. The summed E-state index contributed by atoms with van der Waals surface area (Å²) in [5, 5.41) is 9.15. The van der Waals surface area contributed by atoms with Gasteiger partial charge in [0.15, 0.2) is 0 Å². The van der Waals surface area contributed by atoms with Crippen molar-refractivity contribution in [2.24, 2.45) is 0 Å². The van der Waals surface area contributed by atoms with E-state index >= 15 is 0 Å². The summed E-state index contributed by atoms with van der Waals surface area (Å²) in [6, 6.07) is 11.3. The monoisotopic (exact) mass is 359 g/mol. The normalized spacial score (nSPS) is 18.7. The molecule has 1 saturated heterocycles. The van der Waals surface area contributed by atoms with E-state index in [0.717, 1.165) is 16.8 Å². The predicted octanol–water partition coefficient (Wildman–Crippen LogP) is 2.55. The minimum absolute atomic E-state index is 0.209. The largest absolute Gasteiger partial charge is 0.472 e. The average molecular weight is 359 g/mol. The van der Waals surface area contributed by atoms with Gasteiger partial charge < -0.3 is 4.74 Å². The van der Waals surface area contributed by atoms with Gasteiger partial charge in [0.05, 0.1) is 12.2 Å². The van der Waals surface area contributed by atoms with Crippen LogP contribution in [0.3, 0.4) is 0 Å². The number of aryl methyl sites for hydroxylation is 2. The predicted molar refractivity (Wildman–Crippen MR) is 96.5 cm³/mol. The van der Waals surface area contributed by atoms with Crippen molar-refractivity contribution in [2.45, 2.75) is 26.4 Å². The molecule has 0 aliphatic carbocycles. The number of ether oxygens (including phenoxy) is 1. The maximum atomic E-state index is 12.5. The maximum absolute atomic E-state index is 12.5. The molecular weight excluding hydrogens is 338 g/mol. The van der Waals surface area contributed by atoms with E-state index in [2.05, 4.69) is 10.2 Å². The molecule has 2 heterocycles. The fraction of sp³-hybridized carbons (Fsp3) is 0.333. The van der Waals surface area contributed by atoms with Gasteiger partial charge in [-0.2, -0.15) is 9.40 Å². The van der Waals surface area contributed by atoms with Crippen LogP contribution in [0, 0.1) is 13.8 Å². The van der Waals surface area contributed by atoms with Crippen LogP contribution in [-0.4, -0.2) is 42.1 Å². The highest BCUT2D eigenvalue weighted by atomic mass is 32.2. The van der Waals surface area contributed by atoms with Crippen molar-refractivity contribution in [3.05, 3.63) is 58.6 Å². The van der Waals surface area contributed by atoms with Crippen LogP contribution in [-0.2, 0) is 10.0 Å². The van der Waals surface area contributed by atoms with Crippen LogP contribution in [0.5, 0.6) is 5.88 Å². The molecule has 1 unspecified atom stereocenters. The molecule has 0 radical (unpaired) electrons. The number of hydrogen-bond acceptors (Lipinski definition) is 5. The second-order valence-electron chi connectivity index (χ2n) is 6.16. The van der Waals surface area contributed by atoms with Crippen molar-refractivity contribution in [2.75, 3.05) is 13.1 Å². The highest BCUT2D eigenvalue weighted by Gasteiger charge is 2.31. The van der Waals surface area contributed by atoms with Gasteiger partial charge in [-0.1, -0.05) is 29.8 Å². The molecule has 0 spiro atoms. The summed E-state index contributed by atoms with van der Waals surface area (Å²) in [5.74, 6) is 0.421. The smallest absolute Gasteiger partial charge is 0.236 e. The fourth-order valence-corrected chi connectivity index (χ4v) is 3.81. The van der Waals surface area contributed by atoms with Gasteiger partial charge in [-0.05, 0) is 38.0 Å². The first-order valence-electron chi connectivity index (χ1n) is 8.14. The first-order valence-corrected chi connectivity index (χ1v) is 9.64. The molecule has 25 heavy (non-hydrogen) atoms. The summed E-state index contributed by atoms with van der Waals surface area (Å²) >= 11 is 0. The molecule has 7 heteroatoms. The molecule has 0 saturated carbocycles. The third kappa shape index (κ3) is 4.64.